The summed E-state index contributed by atoms with van der Waals surface area (Å²) in [4.78, 5) is 0. The molecule has 0 spiro atoms. The number of benzene rings is 1. The first-order valence-corrected chi connectivity index (χ1v) is 4.97. The SMILES string of the molecule is O=S(=O)(O)C(NO)c1ccccc1. The van der Waals surface area contributed by atoms with Crippen LogP contribution in [0.4, 0.5) is 0 Å². The molecule has 0 amide bonds. The van der Waals surface area contributed by atoms with E-state index >= 15 is 0 Å². The van der Waals surface area contributed by atoms with Gasteiger partial charge in [0, 0.05) is 0 Å². The Kier molecular flexibility index (Phi) is 2.99. The highest BCUT2D eigenvalue weighted by Crippen LogP contribution is 2.16. The molecule has 1 unspecified atom stereocenters. The summed E-state index contributed by atoms with van der Waals surface area (Å²) >= 11 is 0. The quantitative estimate of drug-likeness (QED) is 0.493. The van der Waals surface area contributed by atoms with Crippen LogP contribution in [0.3, 0.4) is 0 Å². The normalized spacial score (nSPS) is 14.0. The molecular formula is C7H9NO4S. The lowest BCUT2D eigenvalue weighted by Crippen LogP contribution is -2.25. The van der Waals surface area contributed by atoms with E-state index in [-0.39, 0.29) is 5.56 Å². The number of hydrogen-bond donors (Lipinski definition) is 3. The summed E-state index contributed by atoms with van der Waals surface area (Å²) in [5.41, 5.74) is 1.79. The summed E-state index contributed by atoms with van der Waals surface area (Å²) in [6.07, 6.45) is 0. The zero-order chi connectivity index (χ0) is 9.90. The van der Waals surface area contributed by atoms with E-state index in [2.05, 4.69) is 0 Å². The molecule has 1 aromatic carbocycles. The van der Waals surface area contributed by atoms with Crippen LogP contribution in [0.2, 0.25) is 0 Å². The summed E-state index contributed by atoms with van der Waals surface area (Å²) in [5.74, 6) is 0. The van der Waals surface area contributed by atoms with Gasteiger partial charge >= 0.3 is 0 Å². The fraction of sp³-hybridized carbons (Fsp3) is 0.143. The van der Waals surface area contributed by atoms with Crippen molar-refractivity contribution in [3.8, 4) is 0 Å². The first-order valence-electron chi connectivity index (χ1n) is 3.46. The largest absolute Gasteiger partial charge is 0.315 e. The van der Waals surface area contributed by atoms with E-state index in [9.17, 15) is 8.42 Å². The van der Waals surface area contributed by atoms with E-state index in [1.54, 1.807) is 18.2 Å². The summed E-state index contributed by atoms with van der Waals surface area (Å²) in [6, 6.07) is 7.85. The van der Waals surface area contributed by atoms with E-state index in [0.717, 1.165) is 0 Å². The van der Waals surface area contributed by atoms with Gasteiger partial charge in [-0.3, -0.25) is 4.55 Å². The molecule has 72 valence electrons. The van der Waals surface area contributed by atoms with Crippen LogP contribution in [-0.4, -0.2) is 18.2 Å². The second-order valence-electron chi connectivity index (χ2n) is 2.43. The van der Waals surface area contributed by atoms with Crippen molar-refractivity contribution in [3.63, 3.8) is 0 Å². The van der Waals surface area contributed by atoms with Gasteiger partial charge in [-0.05, 0) is 5.56 Å². The smallest absolute Gasteiger partial charge is 0.287 e. The molecule has 0 aromatic heterocycles. The molecule has 0 saturated carbocycles. The molecule has 3 N–H and O–H groups in total. The highest BCUT2D eigenvalue weighted by molar-refractivity contribution is 7.86. The minimum Gasteiger partial charge on any atom is -0.315 e. The van der Waals surface area contributed by atoms with Gasteiger partial charge in [0.1, 0.15) is 0 Å². The Morgan fingerprint density at radius 1 is 1.23 bits per heavy atom. The molecule has 1 rings (SSSR count). The van der Waals surface area contributed by atoms with Gasteiger partial charge < -0.3 is 5.21 Å². The summed E-state index contributed by atoms with van der Waals surface area (Å²) < 4.78 is 30.1. The molecule has 0 bridgehead atoms. The van der Waals surface area contributed by atoms with Gasteiger partial charge in [0.25, 0.3) is 10.1 Å². The molecule has 5 nitrogen and oxygen atoms in total. The third kappa shape index (κ3) is 2.49. The maximum atomic E-state index is 10.7. The predicted octanol–water partition coefficient (Wildman–Crippen LogP) is 0.552. The number of hydroxylamine groups is 1. The van der Waals surface area contributed by atoms with Crippen LogP contribution < -0.4 is 5.48 Å². The standard InChI is InChI=1S/C7H9NO4S/c9-8-7(13(10,11)12)6-4-2-1-3-5-6/h1-5,7-9H,(H,10,11,12). The van der Waals surface area contributed by atoms with Crippen LogP contribution in [0, 0.1) is 0 Å². The highest BCUT2D eigenvalue weighted by Gasteiger charge is 2.23. The van der Waals surface area contributed by atoms with Crippen molar-refractivity contribution in [1.82, 2.24) is 5.48 Å². The van der Waals surface area contributed by atoms with Crippen LogP contribution in [0.1, 0.15) is 10.9 Å². The van der Waals surface area contributed by atoms with E-state index < -0.39 is 15.5 Å². The topological polar surface area (TPSA) is 86.6 Å². The molecule has 0 aliphatic rings. The fourth-order valence-corrected chi connectivity index (χ4v) is 1.58. The second kappa shape index (κ2) is 3.84. The monoisotopic (exact) mass is 203 g/mol. The highest BCUT2D eigenvalue weighted by atomic mass is 32.2. The third-order valence-electron chi connectivity index (χ3n) is 1.52. The van der Waals surface area contributed by atoms with Crippen LogP contribution >= 0.6 is 0 Å². The van der Waals surface area contributed by atoms with Crippen molar-refractivity contribution >= 4 is 10.1 Å². The van der Waals surface area contributed by atoms with Crippen molar-refractivity contribution in [1.29, 1.82) is 0 Å². The summed E-state index contributed by atoms with van der Waals surface area (Å²) in [6.45, 7) is 0. The van der Waals surface area contributed by atoms with Crippen LogP contribution in [-0.2, 0) is 10.1 Å². The van der Waals surface area contributed by atoms with Crippen molar-refractivity contribution in [2.24, 2.45) is 0 Å². The maximum Gasteiger partial charge on any atom is 0.287 e. The molecule has 0 aliphatic heterocycles. The van der Waals surface area contributed by atoms with Gasteiger partial charge in [0.05, 0.1) is 0 Å². The zero-order valence-corrected chi connectivity index (χ0v) is 7.40. The first kappa shape index (κ1) is 10.1. The average molecular weight is 203 g/mol. The Hall–Kier alpha value is -0.950. The van der Waals surface area contributed by atoms with E-state index in [0.29, 0.717) is 0 Å². The lowest BCUT2D eigenvalue weighted by Gasteiger charge is -2.11. The van der Waals surface area contributed by atoms with Gasteiger partial charge in [-0.15, -0.1) is 0 Å². The molecule has 1 aromatic rings. The zero-order valence-electron chi connectivity index (χ0n) is 6.58. The van der Waals surface area contributed by atoms with E-state index in [1.165, 1.54) is 17.6 Å². The molecular weight excluding hydrogens is 194 g/mol. The van der Waals surface area contributed by atoms with Gasteiger partial charge in [-0.1, -0.05) is 30.3 Å². The number of hydrogen-bond acceptors (Lipinski definition) is 4. The maximum absolute atomic E-state index is 10.7. The first-order chi connectivity index (χ1) is 6.05. The van der Waals surface area contributed by atoms with Gasteiger partial charge in [0.2, 0.25) is 0 Å². The summed E-state index contributed by atoms with van der Waals surface area (Å²) in [7, 11) is -4.33. The number of nitrogens with one attached hydrogen (secondary N) is 1. The van der Waals surface area contributed by atoms with Gasteiger partial charge in [0.15, 0.2) is 5.37 Å². The Labute approximate surface area is 75.7 Å². The van der Waals surface area contributed by atoms with Crippen LogP contribution in [0.5, 0.6) is 0 Å². The minimum atomic E-state index is -4.33. The summed E-state index contributed by atoms with van der Waals surface area (Å²) in [5, 5.41) is 7.03. The van der Waals surface area contributed by atoms with Crippen LogP contribution in [0.25, 0.3) is 0 Å². The minimum absolute atomic E-state index is 0.271. The van der Waals surface area contributed by atoms with Gasteiger partial charge in [-0.2, -0.15) is 13.9 Å². The van der Waals surface area contributed by atoms with Crippen molar-refractivity contribution < 1.29 is 18.2 Å². The molecule has 0 aliphatic carbocycles. The molecule has 0 heterocycles. The Bertz CT molecular complexity index is 361. The van der Waals surface area contributed by atoms with Gasteiger partial charge in [-0.25, -0.2) is 0 Å². The molecule has 13 heavy (non-hydrogen) atoms. The molecule has 0 radical (unpaired) electrons. The fourth-order valence-electron chi connectivity index (χ4n) is 0.941. The van der Waals surface area contributed by atoms with Crippen molar-refractivity contribution in [2.45, 2.75) is 5.37 Å². The second-order valence-corrected chi connectivity index (χ2v) is 3.94. The van der Waals surface area contributed by atoms with Crippen molar-refractivity contribution in [2.75, 3.05) is 0 Å². The predicted molar refractivity (Wildman–Crippen MR) is 45.7 cm³/mol. The third-order valence-corrected chi connectivity index (χ3v) is 2.49. The molecule has 6 heteroatoms. The lowest BCUT2D eigenvalue weighted by atomic mass is 10.2. The molecule has 0 fully saturated rings. The lowest BCUT2D eigenvalue weighted by molar-refractivity contribution is 0.150. The molecule has 0 saturated heterocycles. The Balaban J connectivity index is 3.06. The Morgan fingerprint density at radius 3 is 2.15 bits per heavy atom. The molecule has 1 atom stereocenters. The Morgan fingerprint density at radius 2 is 1.77 bits per heavy atom. The van der Waals surface area contributed by atoms with E-state index in [4.69, 9.17) is 9.76 Å². The van der Waals surface area contributed by atoms with Crippen molar-refractivity contribution in [3.05, 3.63) is 35.9 Å². The van der Waals surface area contributed by atoms with E-state index in [1.807, 2.05) is 0 Å². The number of rotatable bonds is 3. The average Bonchev–Trinajstić information content (AvgIpc) is 2.05. The van der Waals surface area contributed by atoms with Crippen LogP contribution in [0.15, 0.2) is 30.3 Å².